The molecule has 0 aliphatic carbocycles. The van der Waals surface area contributed by atoms with Crippen molar-refractivity contribution in [2.45, 2.75) is 12.8 Å². The summed E-state index contributed by atoms with van der Waals surface area (Å²) in [6, 6.07) is 14.2. The number of hydrogen-bond donors (Lipinski definition) is 2. The second-order valence-electron chi connectivity index (χ2n) is 5.26. The lowest BCUT2D eigenvalue weighted by molar-refractivity contribution is -0.384. The third kappa shape index (κ3) is 4.06. The van der Waals surface area contributed by atoms with Crippen LogP contribution in [0, 0.1) is 10.1 Å². The molecule has 0 aliphatic rings. The van der Waals surface area contributed by atoms with Gasteiger partial charge in [-0.3, -0.25) is 14.9 Å². The summed E-state index contributed by atoms with van der Waals surface area (Å²) in [5.41, 5.74) is 1.67. The van der Waals surface area contributed by atoms with Gasteiger partial charge in [-0.15, -0.1) is 0 Å². The first-order chi connectivity index (χ1) is 11.0. The summed E-state index contributed by atoms with van der Waals surface area (Å²) < 4.78 is 0. The Bertz CT molecular complexity index is 701. The third-order valence-electron chi connectivity index (χ3n) is 3.66. The molecule has 0 spiro atoms. The van der Waals surface area contributed by atoms with Gasteiger partial charge in [0.1, 0.15) is 5.69 Å². The van der Waals surface area contributed by atoms with Gasteiger partial charge in [0.05, 0.1) is 4.92 Å². The van der Waals surface area contributed by atoms with Gasteiger partial charge in [-0.25, -0.2) is 0 Å². The van der Waals surface area contributed by atoms with E-state index in [4.69, 9.17) is 0 Å². The summed E-state index contributed by atoms with van der Waals surface area (Å²) in [4.78, 5) is 22.7. The first-order valence-corrected chi connectivity index (χ1v) is 7.32. The average molecular weight is 313 g/mol. The minimum absolute atomic E-state index is 0.115. The van der Waals surface area contributed by atoms with E-state index in [9.17, 15) is 14.9 Å². The van der Waals surface area contributed by atoms with Crippen molar-refractivity contribution in [2.75, 3.05) is 18.9 Å². The molecule has 2 N–H and O–H groups in total. The number of hydrogen-bond acceptors (Lipinski definition) is 4. The van der Waals surface area contributed by atoms with E-state index in [1.54, 1.807) is 13.1 Å². The Morgan fingerprint density at radius 1 is 1.22 bits per heavy atom. The monoisotopic (exact) mass is 313 g/mol. The van der Waals surface area contributed by atoms with Crippen LogP contribution in [-0.4, -0.2) is 24.4 Å². The van der Waals surface area contributed by atoms with Crippen LogP contribution in [-0.2, 0) is 0 Å². The molecular formula is C17H19N3O3. The van der Waals surface area contributed by atoms with E-state index < -0.39 is 4.92 Å². The molecule has 0 radical (unpaired) electrons. The maximum atomic E-state index is 12.2. The number of nitro benzene ring substituents is 1. The van der Waals surface area contributed by atoms with Crippen molar-refractivity contribution in [3.8, 4) is 0 Å². The molecule has 2 rings (SSSR count). The predicted molar refractivity (Wildman–Crippen MR) is 89.8 cm³/mol. The summed E-state index contributed by atoms with van der Waals surface area (Å²) in [5, 5.41) is 16.6. The van der Waals surface area contributed by atoms with Crippen molar-refractivity contribution in [2.24, 2.45) is 0 Å². The van der Waals surface area contributed by atoms with E-state index in [-0.39, 0.29) is 23.1 Å². The van der Waals surface area contributed by atoms with Crippen LogP contribution < -0.4 is 10.6 Å². The Kier molecular flexibility index (Phi) is 5.30. The highest BCUT2D eigenvalue weighted by molar-refractivity contribution is 5.95. The number of benzene rings is 2. The number of carbonyl (C=O) groups excluding carboxylic acids is 1. The van der Waals surface area contributed by atoms with Crippen LogP contribution in [0.15, 0.2) is 48.5 Å². The molecule has 2 aromatic rings. The Morgan fingerprint density at radius 2 is 1.91 bits per heavy atom. The van der Waals surface area contributed by atoms with Crippen LogP contribution in [0.1, 0.15) is 28.8 Å². The maximum absolute atomic E-state index is 12.2. The van der Waals surface area contributed by atoms with Gasteiger partial charge in [-0.05, 0) is 23.6 Å². The minimum Gasteiger partial charge on any atom is -0.383 e. The molecule has 0 aliphatic heterocycles. The van der Waals surface area contributed by atoms with E-state index in [2.05, 4.69) is 10.6 Å². The lowest BCUT2D eigenvalue weighted by Gasteiger charge is -2.13. The largest absolute Gasteiger partial charge is 0.383 e. The van der Waals surface area contributed by atoms with Gasteiger partial charge in [0, 0.05) is 25.2 Å². The van der Waals surface area contributed by atoms with Crippen molar-refractivity contribution in [1.29, 1.82) is 0 Å². The van der Waals surface area contributed by atoms with Crippen molar-refractivity contribution >= 4 is 17.3 Å². The summed E-state index contributed by atoms with van der Waals surface area (Å²) >= 11 is 0. The van der Waals surface area contributed by atoms with Crippen LogP contribution in [0.25, 0.3) is 0 Å². The number of rotatable bonds is 6. The predicted octanol–water partition coefficient (Wildman–Crippen LogP) is 3.17. The first-order valence-electron chi connectivity index (χ1n) is 7.32. The van der Waals surface area contributed by atoms with Crippen LogP contribution in [0.5, 0.6) is 0 Å². The molecule has 120 valence electrons. The summed E-state index contributed by atoms with van der Waals surface area (Å²) in [6.07, 6.45) is 0. The highest BCUT2D eigenvalue weighted by Crippen LogP contribution is 2.25. The van der Waals surface area contributed by atoms with Crippen molar-refractivity contribution in [3.63, 3.8) is 0 Å². The van der Waals surface area contributed by atoms with Gasteiger partial charge >= 0.3 is 0 Å². The molecule has 1 unspecified atom stereocenters. The molecule has 23 heavy (non-hydrogen) atoms. The van der Waals surface area contributed by atoms with Gasteiger partial charge in [-0.1, -0.05) is 37.3 Å². The Morgan fingerprint density at radius 3 is 2.52 bits per heavy atom. The molecular weight excluding hydrogens is 294 g/mol. The highest BCUT2D eigenvalue weighted by Gasteiger charge is 2.17. The number of nitrogens with one attached hydrogen (secondary N) is 2. The molecule has 1 amide bonds. The molecule has 0 heterocycles. The first kappa shape index (κ1) is 16.5. The fourth-order valence-electron chi connectivity index (χ4n) is 2.28. The minimum atomic E-state index is -0.505. The summed E-state index contributed by atoms with van der Waals surface area (Å²) in [6.45, 7) is 2.48. The van der Waals surface area contributed by atoms with Gasteiger partial charge < -0.3 is 10.6 Å². The second-order valence-corrected chi connectivity index (χ2v) is 5.26. The standard InChI is InChI=1S/C17H19N3O3/c1-12(13-6-4-3-5-7-13)11-19-17(21)14-8-9-15(18-2)16(10-14)20(22)23/h3-10,12,18H,11H2,1-2H3,(H,19,21). The number of anilines is 1. The molecule has 0 bridgehead atoms. The van der Waals surface area contributed by atoms with Gasteiger partial charge in [0.25, 0.3) is 11.6 Å². The highest BCUT2D eigenvalue weighted by atomic mass is 16.6. The second kappa shape index (κ2) is 7.40. The third-order valence-corrected chi connectivity index (χ3v) is 3.66. The molecule has 0 saturated heterocycles. The van der Waals surface area contributed by atoms with Gasteiger partial charge in [-0.2, -0.15) is 0 Å². The number of carbonyl (C=O) groups is 1. The smallest absolute Gasteiger partial charge is 0.293 e. The lowest BCUT2D eigenvalue weighted by Crippen LogP contribution is -2.27. The SMILES string of the molecule is CNc1ccc(C(=O)NCC(C)c2ccccc2)cc1[N+](=O)[O-]. The number of nitro groups is 1. The summed E-state index contributed by atoms with van der Waals surface area (Å²) in [5.74, 6) is -0.162. The van der Waals surface area contributed by atoms with Crippen LogP contribution in [0.3, 0.4) is 0 Å². The maximum Gasteiger partial charge on any atom is 0.293 e. The quantitative estimate of drug-likeness (QED) is 0.633. The topological polar surface area (TPSA) is 84.3 Å². The normalized spacial score (nSPS) is 11.6. The van der Waals surface area contributed by atoms with Crippen molar-refractivity contribution < 1.29 is 9.72 Å². The number of nitrogens with zero attached hydrogens (tertiary/aromatic N) is 1. The van der Waals surface area contributed by atoms with Gasteiger partial charge in [0.15, 0.2) is 0 Å². The zero-order chi connectivity index (χ0) is 16.8. The van der Waals surface area contributed by atoms with E-state index >= 15 is 0 Å². The van der Waals surface area contributed by atoms with Crippen molar-refractivity contribution in [3.05, 3.63) is 69.8 Å². The Hall–Kier alpha value is -2.89. The zero-order valence-electron chi connectivity index (χ0n) is 13.1. The summed E-state index contributed by atoms with van der Waals surface area (Å²) in [7, 11) is 1.60. The van der Waals surface area contributed by atoms with Crippen LogP contribution >= 0.6 is 0 Å². The Labute approximate surface area is 134 Å². The Balaban J connectivity index is 2.06. The van der Waals surface area contributed by atoms with Gasteiger partial charge in [0.2, 0.25) is 0 Å². The molecule has 6 heteroatoms. The molecule has 0 aromatic heterocycles. The van der Waals surface area contributed by atoms with Crippen LogP contribution in [0.2, 0.25) is 0 Å². The van der Waals surface area contributed by atoms with E-state index in [1.807, 2.05) is 37.3 Å². The molecule has 0 saturated carbocycles. The average Bonchev–Trinajstić information content (AvgIpc) is 2.59. The van der Waals surface area contributed by atoms with Crippen LogP contribution in [0.4, 0.5) is 11.4 Å². The fraction of sp³-hybridized carbons (Fsp3) is 0.235. The van der Waals surface area contributed by atoms with E-state index in [1.165, 1.54) is 12.1 Å². The van der Waals surface area contributed by atoms with E-state index in [0.717, 1.165) is 5.56 Å². The lowest BCUT2D eigenvalue weighted by atomic mass is 10.0. The zero-order valence-corrected chi connectivity index (χ0v) is 13.1. The number of amides is 1. The molecule has 0 fully saturated rings. The molecule has 1 atom stereocenters. The van der Waals surface area contributed by atoms with Crippen molar-refractivity contribution in [1.82, 2.24) is 5.32 Å². The van der Waals surface area contributed by atoms with E-state index in [0.29, 0.717) is 12.2 Å². The molecule has 2 aromatic carbocycles. The fourth-order valence-corrected chi connectivity index (χ4v) is 2.28. The molecule has 6 nitrogen and oxygen atoms in total.